The number of halogens is 1. The van der Waals surface area contributed by atoms with Crippen LogP contribution in [0.15, 0.2) is 82.6 Å². The Morgan fingerprint density at radius 3 is 2.36 bits per heavy atom. The minimum Gasteiger partial charge on any atom is -0.348 e. The van der Waals surface area contributed by atoms with E-state index >= 15 is 0 Å². The van der Waals surface area contributed by atoms with Gasteiger partial charge in [-0.3, -0.25) is 9.59 Å². The molecule has 0 fully saturated rings. The van der Waals surface area contributed by atoms with Crippen LogP contribution in [0.1, 0.15) is 22.8 Å². The molecule has 0 aliphatic carbocycles. The SMILES string of the molecule is CC(=O)Nc1cc(C(=O)NCc2ccccc2)ccc1Sc1ccc(F)cc1. The van der Waals surface area contributed by atoms with Crippen molar-refractivity contribution in [2.75, 3.05) is 5.32 Å². The van der Waals surface area contributed by atoms with Crippen LogP contribution in [0.25, 0.3) is 0 Å². The zero-order valence-corrected chi connectivity index (χ0v) is 16.1. The molecule has 0 unspecified atom stereocenters. The molecule has 2 amide bonds. The monoisotopic (exact) mass is 394 g/mol. The van der Waals surface area contributed by atoms with E-state index in [1.807, 2.05) is 30.3 Å². The summed E-state index contributed by atoms with van der Waals surface area (Å²) in [6, 6.07) is 20.8. The summed E-state index contributed by atoms with van der Waals surface area (Å²) >= 11 is 1.38. The van der Waals surface area contributed by atoms with Gasteiger partial charge in [0.05, 0.1) is 5.69 Å². The molecule has 2 N–H and O–H groups in total. The van der Waals surface area contributed by atoms with Crippen molar-refractivity contribution in [1.29, 1.82) is 0 Å². The van der Waals surface area contributed by atoms with E-state index in [9.17, 15) is 14.0 Å². The van der Waals surface area contributed by atoms with Crippen molar-refractivity contribution in [3.05, 3.63) is 89.7 Å². The molecule has 0 saturated carbocycles. The van der Waals surface area contributed by atoms with Gasteiger partial charge < -0.3 is 10.6 Å². The van der Waals surface area contributed by atoms with Gasteiger partial charge in [0.25, 0.3) is 5.91 Å². The van der Waals surface area contributed by atoms with E-state index < -0.39 is 0 Å². The molecule has 4 nitrogen and oxygen atoms in total. The van der Waals surface area contributed by atoms with Crippen LogP contribution in [0.2, 0.25) is 0 Å². The Bertz CT molecular complexity index is 976. The summed E-state index contributed by atoms with van der Waals surface area (Å²) < 4.78 is 13.1. The number of carbonyl (C=O) groups is 2. The van der Waals surface area contributed by atoms with E-state index in [4.69, 9.17) is 0 Å². The normalized spacial score (nSPS) is 10.4. The molecular weight excluding hydrogens is 375 g/mol. The quantitative estimate of drug-likeness (QED) is 0.627. The Balaban J connectivity index is 1.78. The molecule has 0 aliphatic rings. The van der Waals surface area contributed by atoms with Crippen molar-refractivity contribution in [2.45, 2.75) is 23.3 Å². The maximum absolute atomic E-state index is 13.1. The summed E-state index contributed by atoms with van der Waals surface area (Å²) in [5.41, 5.74) is 1.98. The second-order valence-corrected chi connectivity index (χ2v) is 7.23. The first kappa shape index (κ1) is 19.6. The van der Waals surface area contributed by atoms with Crippen LogP contribution in [-0.2, 0) is 11.3 Å². The summed E-state index contributed by atoms with van der Waals surface area (Å²) in [6.45, 7) is 1.83. The van der Waals surface area contributed by atoms with Crippen molar-refractivity contribution >= 4 is 29.3 Å². The average molecular weight is 394 g/mol. The van der Waals surface area contributed by atoms with Gasteiger partial charge in [-0.25, -0.2) is 4.39 Å². The number of amides is 2. The third-order valence-corrected chi connectivity index (χ3v) is 4.97. The molecule has 6 heteroatoms. The molecule has 3 aromatic carbocycles. The number of benzene rings is 3. The summed E-state index contributed by atoms with van der Waals surface area (Å²) in [4.78, 5) is 25.7. The van der Waals surface area contributed by atoms with E-state index in [2.05, 4.69) is 10.6 Å². The first-order chi connectivity index (χ1) is 13.5. The fraction of sp³-hybridized carbons (Fsp3) is 0.0909. The average Bonchev–Trinajstić information content (AvgIpc) is 2.69. The second kappa shape index (κ2) is 9.19. The van der Waals surface area contributed by atoms with Gasteiger partial charge in [-0.1, -0.05) is 42.1 Å². The van der Waals surface area contributed by atoms with Gasteiger partial charge in [0, 0.05) is 28.8 Å². The minimum atomic E-state index is -0.308. The van der Waals surface area contributed by atoms with Crippen molar-refractivity contribution in [1.82, 2.24) is 5.32 Å². The van der Waals surface area contributed by atoms with Gasteiger partial charge in [0.15, 0.2) is 0 Å². The standard InChI is InChI=1S/C22H19FN2O2S/c1-15(26)25-20-13-17(22(27)24-14-16-5-3-2-4-6-16)7-12-21(20)28-19-10-8-18(23)9-11-19/h2-13H,14H2,1H3,(H,24,27)(H,25,26). The maximum atomic E-state index is 13.1. The first-order valence-electron chi connectivity index (χ1n) is 8.68. The Kier molecular flexibility index (Phi) is 6.45. The van der Waals surface area contributed by atoms with E-state index in [0.717, 1.165) is 15.4 Å². The fourth-order valence-corrected chi connectivity index (χ4v) is 3.44. The highest BCUT2D eigenvalue weighted by Gasteiger charge is 2.12. The van der Waals surface area contributed by atoms with Crippen LogP contribution in [0.4, 0.5) is 10.1 Å². The number of nitrogens with one attached hydrogen (secondary N) is 2. The number of rotatable bonds is 6. The Morgan fingerprint density at radius 1 is 0.964 bits per heavy atom. The van der Waals surface area contributed by atoms with Gasteiger partial charge in [-0.15, -0.1) is 0 Å². The highest BCUT2D eigenvalue weighted by molar-refractivity contribution is 7.99. The van der Waals surface area contributed by atoms with Gasteiger partial charge in [-0.05, 0) is 48.0 Å². The molecule has 28 heavy (non-hydrogen) atoms. The lowest BCUT2D eigenvalue weighted by Crippen LogP contribution is -2.23. The van der Waals surface area contributed by atoms with Crippen molar-refractivity contribution in [3.63, 3.8) is 0 Å². The van der Waals surface area contributed by atoms with Crippen LogP contribution in [0, 0.1) is 5.82 Å². The largest absolute Gasteiger partial charge is 0.348 e. The molecule has 3 aromatic rings. The molecular formula is C22H19FN2O2S. The van der Waals surface area contributed by atoms with Crippen LogP contribution in [0.5, 0.6) is 0 Å². The molecule has 0 saturated heterocycles. The van der Waals surface area contributed by atoms with Crippen LogP contribution >= 0.6 is 11.8 Å². The molecule has 0 atom stereocenters. The third-order valence-electron chi connectivity index (χ3n) is 3.89. The van der Waals surface area contributed by atoms with Crippen LogP contribution in [0.3, 0.4) is 0 Å². The molecule has 142 valence electrons. The Morgan fingerprint density at radius 2 is 1.68 bits per heavy atom. The van der Waals surface area contributed by atoms with Gasteiger partial charge in [0.1, 0.15) is 5.82 Å². The van der Waals surface area contributed by atoms with Gasteiger partial charge >= 0.3 is 0 Å². The van der Waals surface area contributed by atoms with E-state index in [1.54, 1.807) is 30.3 Å². The van der Waals surface area contributed by atoms with E-state index in [-0.39, 0.29) is 17.6 Å². The minimum absolute atomic E-state index is 0.228. The van der Waals surface area contributed by atoms with E-state index in [0.29, 0.717) is 17.8 Å². The molecule has 0 bridgehead atoms. The zero-order chi connectivity index (χ0) is 19.9. The van der Waals surface area contributed by atoms with Crippen molar-refractivity contribution in [3.8, 4) is 0 Å². The predicted octanol–water partition coefficient (Wildman–Crippen LogP) is 4.87. The highest BCUT2D eigenvalue weighted by atomic mass is 32.2. The number of hydrogen-bond donors (Lipinski definition) is 2. The second-order valence-electron chi connectivity index (χ2n) is 6.12. The summed E-state index contributed by atoms with van der Waals surface area (Å²) in [7, 11) is 0. The smallest absolute Gasteiger partial charge is 0.251 e. The molecule has 0 heterocycles. The molecule has 3 rings (SSSR count). The summed E-state index contributed by atoms with van der Waals surface area (Å²) in [5.74, 6) is -0.770. The maximum Gasteiger partial charge on any atom is 0.251 e. The van der Waals surface area contributed by atoms with Crippen LogP contribution < -0.4 is 10.6 Å². The Labute approximate surface area is 167 Å². The summed E-state index contributed by atoms with van der Waals surface area (Å²) in [6.07, 6.45) is 0. The number of carbonyl (C=O) groups excluding carboxylic acids is 2. The zero-order valence-electron chi connectivity index (χ0n) is 15.2. The fourth-order valence-electron chi connectivity index (χ4n) is 2.56. The topological polar surface area (TPSA) is 58.2 Å². The summed E-state index contributed by atoms with van der Waals surface area (Å²) in [5, 5.41) is 5.63. The Hall–Kier alpha value is -3.12. The highest BCUT2D eigenvalue weighted by Crippen LogP contribution is 2.34. The number of anilines is 1. The van der Waals surface area contributed by atoms with Gasteiger partial charge in [0.2, 0.25) is 5.91 Å². The van der Waals surface area contributed by atoms with Gasteiger partial charge in [-0.2, -0.15) is 0 Å². The lowest BCUT2D eigenvalue weighted by molar-refractivity contribution is -0.114. The van der Waals surface area contributed by atoms with Crippen molar-refractivity contribution in [2.24, 2.45) is 0 Å². The molecule has 0 aliphatic heterocycles. The molecule has 0 spiro atoms. The van der Waals surface area contributed by atoms with E-state index in [1.165, 1.54) is 30.8 Å². The lowest BCUT2D eigenvalue weighted by atomic mass is 10.1. The first-order valence-corrected chi connectivity index (χ1v) is 9.50. The molecule has 0 aromatic heterocycles. The predicted molar refractivity (Wildman–Crippen MR) is 109 cm³/mol. The third kappa shape index (κ3) is 5.44. The molecule has 0 radical (unpaired) electrons. The van der Waals surface area contributed by atoms with Crippen LogP contribution in [-0.4, -0.2) is 11.8 Å². The number of hydrogen-bond acceptors (Lipinski definition) is 3. The van der Waals surface area contributed by atoms with Crippen molar-refractivity contribution < 1.29 is 14.0 Å². The lowest BCUT2D eigenvalue weighted by Gasteiger charge is -2.12.